The second-order valence-corrected chi connectivity index (χ2v) is 7.84. The zero-order valence-corrected chi connectivity index (χ0v) is 15.8. The van der Waals surface area contributed by atoms with Crippen molar-refractivity contribution in [3.63, 3.8) is 0 Å². The molecule has 8 heteroatoms. The lowest BCUT2D eigenvalue weighted by molar-refractivity contribution is -0.121. The van der Waals surface area contributed by atoms with Crippen LogP contribution in [0.4, 0.5) is 4.39 Å². The number of amides is 1. The minimum absolute atomic E-state index is 0.0264. The lowest BCUT2D eigenvalue weighted by atomic mass is 10.0. The molecule has 1 unspecified atom stereocenters. The molecule has 1 heterocycles. The fourth-order valence-corrected chi connectivity index (χ4v) is 3.37. The van der Waals surface area contributed by atoms with E-state index in [4.69, 9.17) is 28.9 Å². The van der Waals surface area contributed by atoms with E-state index in [1.807, 2.05) is 31.2 Å². The largest absolute Gasteiger partial charge is 0.386 e. The molecule has 4 N–H and O–H groups in total. The van der Waals surface area contributed by atoms with Crippen LogP contribution in [0.1, 0.15) is 29.5 Å². The van der Waals surface area contributed by atoms with Crippen LogP contribution in [0.5, 0.6) is 0 Å². The Morgan fingerprint density at radius 1 is 1.28 bits per heavy atom. The summed E-state index contributed by atoms with van der Waals surface area (Å²) in [7, 11) is 0. The van der Waals surface area contributed by atoms with Gasteiger partial charge in [-0.05, 0) is 30.2 Å². The summed E-state index contributed by atoms with van der Waals surface area (Å²) in [5, 5.41) is 12.6. The third kappa shape index (κ3) is 5.15. The van der Waals surface area contributed by atoms with Crippen LogP contribution in [-0.2, 0) is 4.79 Å². The van der Waals surface area contributed by atoms with E-state index >= 15 is 0 Å². The monoisotopic (exact) mass is 404 g/mol. The van der Waals surface area contributed by atoms with Crippen molar-refractivity contribution in [3.8, 4) is 10.4 Å². The molecule has 0 bridgehead atoms. The van der Waals surface area contributed by atoms with Gasteiger partial charge in [0.05, 0.1) is 6.04 Å². The van der Waals surface area contributed by atoms with Crippen LogP contribution in [0.3, 0.4) is 0 Å². The number of aliphatic hydroxyl groups is 1. The molecule has 2 rings (SSSR count). The van der Waals surface area contributed by atoms with Gasteiger partial charge in [0.2, 0.25) is 0 Å². The molecule has 2 aromatic rings. The molecule has 0 spiro atoms. The number of benzene rings is 1. The number of thiophene rings is 1. The van der Waals surface area contributed by atoms with E-state index < -0.39 is 29.6 Å². The quantitative estimate of drug-likeness (QED) is 0.615. The third-order valence-corrected chi connectivity index (χ3v) is 5.42. The van der Waals surface area contributed by atoms with Gasteiger partial charge in [-0.2, -0.15) is 0 Å². The topological polar surface area (TPSA) is 75.3 Å². The molecule has 0 aliphatic rings. The Kier molecular flexibility index (Phi) is 7.22. The van der Waals surface area contributed by atoms with Crippen molar-refractivity contribution in [2.45, 2.75) is 29.9 Å². The molecule has 3 atom stereocenters. The van der Waals surface area contributed by atoms with Gasteiger partial charge in [-0.1, -0.05) is 47.5 Å². The van der Waals surface area contributed by atoms with Crippen molar-refractivity contribution in [2.75, 3.05) is 6.67 Å². The molecule has 136 valence electrons. The van der Waals surface area contributed by atoms with Gasteiger partial charge in [-0.25, -0.2) is 4.39 Å². The van der Waals surface area contributed by atoms with E-state index in [1.165, 1.54) is 0 Å². The SMILES string of the molecule is CC(N)c1ccc(-c2ccc([C@H](O)[C@@H](CF)NC(=O)C(Cl)Cl)cc2)s1. The Morgan fingerprint density at radius 3 is 2.40 bits per heavy atom. The van der Waals surface area contributed by atoms with E-state index in [0.29, 0.717) is 5.56 Å². The summed E-state index contributed by atoms with van der Waals surface area (Å²) in [6.45, 7) is 0.977. The van der Waals surface area contributed by atoms with E-state index in [0.717, 1.165) is 15.3 Å². The van der Waals surface area contributed by atoms with Gasteiger partial charge in [-0.3, -0.25) is 4.79 Å². The lowest BCUT2D eigenvalue weighted by Crippen LogP contribution is -2.43. The number of hydrogen-bond donors (Lipinski definition) is 3. The highest BCUT2D eigenvalue weighted by Gasteiger charge is 2.25. The number of hydrogen-bond acceptors (Lipinski definition) is 4. The Hall–Kier alpha value is -1.18. The van der Waals surface area contributed by atoms with Gasteiger partial charge >= 0.3 is 0 Å². The summed E-state index contributed by atoms with van der Waals surface area (Å²) >= 11 is 12.5. The number of carbonyl (C=O) groups excluding carboxylic acids is 1. The number of alkyl halides is 3. The van der Waals surface area contributed by atoms with Crippen LogP contribution < -0.4 is 11.1 Å². The summed E-state index contributed by atoms with van der Waals surface area (Å²) in [5.41, 5.74) is 7.32. The predicted molar refractivity (Wildman–Crippen MR) is 101 cm³/mol. The molecule has 0 aliphatic heterocycles. The molecule has 25 heavy (non-hydrogen) atoms. The van der Waals surface area contributed by atoms with Gasteiger partial charge in [0.1, 0.15) is 12.8 Å². The zero-order valence-electron chi connectivity index (χ0n) is 13.5. The highest BCUT2D eigenvalue weighted by Crippen LogP contribution is 2.31. The molecule has 0 aliphatic carbocycles. The first-order chi connectivity index (χ1) is 11.8. The minimum Gasteiger partial charge on any atom is -0.386 e. The van der Waals surface area contributed by atoms with Crippen LogP contribution in [0.25, 0.3) is 10.4 Å². The van der Waals surface area contributed by atoms with Crippen molar-refractivity contribution >= 4 is 40.4 Å². The normalized spacial score (nSPS) is 15.0. The smallest absolute Gasteiger partial charge is 0.253 e. The predicted octanol–water partition coefficient (Wildman–Crippen LogP) is 3.73. The number of nitrogens with two attached hydrogens (primary N) is 1. The highest BCUT2D eigenvalue weighted by atomic mass is 35.5. The first-order valence-electron chi connectivity index (χ1n) is 7.61. The second-order valence-electron chi connectivity index (χ2n) is 5.63. The molecular weight excluding hydrogens is 386 g/mol. The molecule has 1 amide bonds. The molecule has 1 aromatic heterocycles. The standard InChI is InChI=1S/C17H19Cl2FN2O2S/c1-9(21)13-6-7-14(25-13)10-2-4-11(5-3-10)15(23)12(8-20)22-17(24)16(18)19/h2-7,9,12,15-16,23H,8,21H2,1H3,(H,22,24)/t9?,12-,15+/m1/s1. The maximum atomic E-state index is 13.2. The van der Waals surface area contributed by atoms with Crippen molar-refractivity contribution in [1.29, 1.82) is 0 Å². The maximum Gasteiger partial charge on any atom is 0.253 e. The van der Waals surface area contributed by atoms with Gasteiger partial charge in [0, 0.05) is 15.8 Å². The summed E-state index contributed by atoms with van der Waals surface area (Å²) in [6, 6.07) is 9.87. The van der Waals surface area contributed by atoms with Crippen LogP contribution in [0, 0.1) is 0 Å². The Balaban J connectivity index is 2.13. The molecule has 0 radical (unpaired) electrons. The first-order valence-corrected chi connectivity index (χ1v) is 9.30. The number of halogens is 3. The summed E-state index contributed by atoms with van der Waals surface area (Å²) in [5.74, 6) is -0.747. The maximum absolute atomic E-state index is 13.2. The number of aliphatic hydroxyl groups excluding tert-OH is 1. The van der Waals surface area contributed by atoms with Crippen LogP contribution in [0.15, 0.2) is 36.4 Å². The van der Waals surface area contributed by atoms with Crippen molar-refractivity contribution in [1.82, 2.24) is 5.32 Å². The fraction of sp³-hybridized carbons (Fsp3) is 0.353. The molecule has 1 aromatic carbocycles. The van der Waals surface area contributed by atoms with E-state index in [1.54, 1.807) is 23.5 Å². The van der Waals surface area contributed by atoms with Crippen LogP contribution >= 0.6 is 34.5 Å². The van der Waals surface area contributed by atoms with Crippen molar-refractivity contribution in [3.05, 3.63) is 46.8 Å². The fourth-order valence-electron chi connectivity index (χ4n) is 2.28. The van der Waals surface area contributed by atoms with E-state index in [2.05, 4.69) is 5.32 Å². The van der Waals surface area contributed by atoms with Crippen molar-refractivity contribution in [2.24, 2.45) is 5.73 Å². The van der Waals surface area contributed by atoms with Gasteiger partial charge in [0.25, 0.3) is 5.91 Å². The Morgan fingerprint density at radius 2 is 1.92 bits per heavy atom. The molecule has 0 fully saturated rings. The average Bonchev–Trinajstić information content (AvgIpc) is 3.09. The Bertz CT molecular complexity index is 707. The van der Waals surface area contributed by atoms with Gasteiger partial charge in [0.15, 0.2) is 4.84 Å². The Labute approximate surface area is 159 Å². The van der Waals surface area contributed by atoms with E-state index in [-0.39, 0.29) is 6.04 Å². The summed E-state index contributed by atoms with van der Waals surface area (Å²) in [6.07, 6.45) is -1.21. The third-order valence-electron chi connectivity index (χ3n) is 3.69. The zero-order chi connectivity index (χ0) is 18.6. The van der Waals surface area contributed by atoms with E-state index in [9.17, 15) is 14.3 Å². The lowest BCUT2D eigenvalue weighted by Gasteiger charge is -2.22. The molecule has 0 saturated carbocycles. The minimum atomic E-state index is -1.32. The first kappa shape index (κ1) is 20.1. The van der Waals surface area contributed by atoms with Gasteiger partial charge < -0.3 is 16.2 Å². The second kappa shape index (κ2) is 8.96. The number of carbonyl (C=O) groups is 1. The summed E-state index contributed by atoms with van der Waals surface area (Å²) < 4.78 is 13.2. The molecule has 4 nitrogen and oxygen atoms in total. The highest BCUT2D eigenvalue weighted by molar-refractivity contribution is 7.15. The number of nitrogens with one attached hydrogen (secondary N) is 1. The number of rotatable bonds is 7. The van der Waals surface area contributed by atoms with Crippen LogP contribution in [-0.4, -0.2) is 28.6 Å². The van der Waals surface area contributed by atoms with Crippen LogP contribution in [0.2, 0.25) is 0 Å². The molecule has 0 saturated heterocycles. The average molecular weight is 405 g/mol. The molecular formula is C17H19Cl2FN2O2S. The van der Waals surface area contributed by atoms with Crippen molar-refractivity contribution < 1.29 is 14.3 Å². The van der Waals surface area contributed by atoms with Gasteiger partial charge in [-0.15, -0.1) is 11.3 Å². The summed E-state index contributed by atoms with van der Waals surface area (Å²) in [4.78, 5) is 12.3.